The number of ether oxygens (including phenoxy) is 1. The van der Waals surface area contributed by atoms with Gasteiger partial charge in [0.05, 0.1) is 28.1 Å². The number of hydrogen-bond donors (Lipinski definition) is 1. The molecule has 36 heavy (non-hydrogen) atoms. The molecule has 0 bridgehead atoms. The third kappa shape index (κ3) is 5.29. The van der Waals surface area contributed by atoms with Crippen LogP contribution in [0.1, 0.15) is 27.4 Å². The first kappa shape index (κ1) is 27.0. The first-order valence-corrected chi connectivity index (χ1v) is 12.3. The second-order valence-corrected chi connectivity index (χ2v) is 10.8. The summed E-state index contributed by atoms with van der Waals surface area (Å²) in [6, 6.07) is 10.4. The lowest BCUT2D eigenvalue weighted by molar-refractivity contribution is -0.117. The average Bonchev–Trinajstić information content (AvgIpc) is 3.38. The lowest BCUT2D eigenvalue weighted by Crippen LogP contribution is -2.17. The summed E-state index contributed by atoms with van der Waals surface area (Å²) < 4.78 is 30.9. The molecule has 3 aromatic carbocycles. The number of hydrogen-bond acceptors (Lipinski definition) is 3. The summed E-state index contributed by atoms with van der Waals surface area (Å²) in [6.07, 6.45) is -0.348. The monoisotopic (exact) mass is 591 g/mol. The lowest BCUT2D eigenvalue weighted by atomic mass is 10.0. The molecule has 0 heterocycles. The molecule has 3 aromatic rings. The molecule has 1 saturated carbocycles. The Morgan fingerprint density at radius 1 is 0.972 bits per heavy atom. The summed E-state index contributed by atoms with van der Waals surface area (Å²) >= 11 is 31.4. The van der Waals surface area contributed by atoms with Crippen LogP contribution in [-0.4, -0.2) is 23.1 Å². The molecular formula is C25H16Cl5F2NO3. The first-order chi connectivity index (χ1) is 16.9. The predicted octanol–water partition coefficient (Wildman–Crippen LogP) is 7.89. The van der Waals surface area contributed by atoms with Crippen LogP contribution in [-0.2, 0) is 11.2 Å². The van der Waals surface area contributed by atoms with Gasteiger partial charge in [-0.25, -0.2) is 8.78 Å². The molecule has 1 amide bonds. The second-order valence-electron chi connectivity index (χ2n) is 8.17. The third-order valence-electron chi connectivity index (χ3n) is 5.82. The molecule has 1 fully saturated rings. The SMILES string of the molecule is COc1c(Cl)cc(C2C(C(=O)Nc3ccc(Cl)c(C(=O)Cc4ccc(F)cc4F)c3)C2(Cl)Cl)cc1Cl. The Morgan fingerprint density at radius 2 is 1.64 bits per heavy atom. The molecule has 0 radical (unpaired) electrons. The van der Waals surface area contributed by atoms with Gasteiger partial charge in [0.1, 0.15) is 16.0 Å². The normalized spacial score (nSPS) is 18.0. The van der Waals surface area contributed by atoms with Crippen molar-refractivity contribution in [3.05, 3.63) is 91.9 Å². The minimum Gasteiger partial charge on any atom is -0.494 e. The minimum absolute atomic E-state index is 0.0126. The number of methoxy groups -OCH3 is 1. The van der Waals surface area contributed by atoms with E-state index in [-0.39, 0.29) is 44.1 Å². The van der Waals surface area contributed by atoms with Gasteiger partial charge in [-0.1, -0.05) is 40.9 Å². The molecule has 0 aromatic heterocycles. The Hall–Kier alpha value is -2.09. The Bertz CT molecular complexity index is 1360. The van der Waals surface area contributed by atoms with Crippen molar-refractivity contribution in [2.45, 2.75) is 16.7 Å². The van der Waals surface area contributed by atoms with Crippen molar-refractivity contribution in [3.8, 4) is 5.75 Å². The fourth-order valence-corrected chi connectivity index (χ4v) is 5.70. The van der Waals surface area contributed by atoms with Gasteiger partial charge in [-0.05, 0) is 47.5 Å². The summed E-state index contributed by atoms with van der Waals surface area (Å²) in [5, 5.41) is 3.28. The van der Waals surface area contributed by atoms with E-state index in [0.29, 0.717) is 11.6 Å². The number of carbonyl (C=O) groups excluding carboxylic acids is 2. The highest BCUT2D eigenvalue weighted by Gasteiger charge is 2.67. The second kappa shape index (κ2) is 10.3. The molecule has 4 nitrogen and oxygen atoms in total. The van der Waals surface area contributed by atoms with Gasteiger partial charge in [-0.2, -0.15) is 0 Å². The number of amides is 1. The van der Waals surface area contributed by atoms with Crippen LogP contribution in [0.25, 0.3) is 0 Å². The van der Waals surface area contributed by atoms with Crippen LogP contribution in [0.3, 0.4) is 0 Å². The Labute approximate surface area is 230 Å². The van der Waals surface area contributed by atoms with Crippen molar-refractivity contribution < 1.29 is 23.1 Å². The fourth-order valence-electron chi connectivity index (χ4n) is 3.99. The molecule has 1 aliphatic rings. The van der Waals surface area contributed by atoms with Crippen molar-refractivity contribution in [1.82, 2.24) is 0 Å². The van der Waals surface area contributed by atoms with Gasteiger partial charge in [-0.15, -0.1) is 23.2 Å². The van der Waals surface area contributed by atoms with Gasteiger partial charge in [-0.3, -0.25) is 9.59 Å². The van der Waals surface area contributed by atoms with Gasteiger partial charge in [0.15, 0.2) is 11.5 Å². The summed E-state index contributed by atoms with van der Waals surface area (Å²) in [6.45, 7) is 0. The third-order valence-corrected chi connectivity index (χ3v) is 7.65. The van der Waals surface area contributed by atoms with Crippen LogP contribution >= 0.6 is 58.0 Å². The van der Waals surface area contributed by atoms with Crippen LogP contribution in [0.15, 0.2) is 48.5 Å². The summed E-state index contributed by atoms with van der Waals surface area (Å²) in [7, 11) is 1.43. The largest absolute Gasteiger partial charge is 0.494 e. The van der Waals surface area contributed by atoms with E-state index in [1.165, 1.54) is 31.4 Å². The Balaban J connectivity index is 1.52. The van der Waals surface area contributed by atoms with E-state index in [0.717, 1.165) is 6.07 Å². The standard InChI is InChI=1S/C25H16Cl5F2NO3/c1-36-23-17(27)6-12(7-18(23)28)21-22(25(21,29)30)24(35)33-14-4-5-16(26)15(10-14)20(34)8-11-2-3-13(31)9-19(11)32/h2-7,9-10,21-22H,8H2,1H3,(H,33,35). The van der Waals surface area contributed by atoms with Crippen molar-refractivity contribution >= 4 is 75.4 Å². The summed E-state index contributed by atoms with van der Waals surface area (Å²) in [4.78, 5) is 25.8. The van der Waals surface area contributed by atoms with Crippen LogP contribution in [0.2, 0.25) is 15.1 Å². The number of rotatable bonds is 7. The topological polar surface area (TPSA) is 55.4 Å². The lowest BCUT2D eigenvalue weighted by Gasteiger charge is -2.10. The maximum Gasteiger partial charge on any atom is 0.231 e. The number of Topliss-reactive ketones (excluding diaryl/α,β-unsaturated/α-hetero) is 1. The highest BCUT2D eigenvalue weighted by molar-refractivity contribution is 6.53. The molecule has 2 atom stereocenters. The molecule has 188 valence electrons. The number of ketones is 1. The van der Waals surface area contributed by atoms with E-state index in [2.05, 4.69) is 5.32 Å². The smallest absolute Gasteiger partial charge is 0.231 e. The number of alkyl halides is 2. The van der Waals surface area contributed by atoms with Crippen LogP contribution in [0.4, 0.5) is 14.5 Å². The Kier molecular flexibility index (Phi) is 7.75. The van der Waals surface area contributed by atoms with Crippen LogP contribution in [0.5, 0.6) is 5.75 Å². The van der Waals surface area contributed by atoms with Crippen molar-refractivity contribution in [3.63, 3.8) is 0 Å². The maximum atomic E-state index is 14.0. The number of nitrogens with one attached hydrogen (secondary N) is 1. The number of carbonyl (C=O) groups is 2. The van der Waals surface area contributed by atoms with Gasteiger partial charge >= 0.3 is 0 Å². The molecule has 0 spiro atoms. The van der Waals surface area contributed by atoms with Gasteiger partial charge < -0.3 is 10.1 Å². The number of anilines is 1. The summed E-state index contributed by atoms with van der Waals surface area (Å²) in [5.74, 6) is -3.77. The highest BCUT2D eigenvalue weighted by atomic mass is 35.5. The summed E-state index contributed by atoms with van der Waals surface area (Å²) in [5.41, 5.74) is 0.887. The van der Waals surface area contributed by atoms with Gasteiger partial charge in [0.25, 0.3) is 0 Å². The quantitative estimate of drug-likeness (QED) is 0.224. The molecule has 2 unspecified atom stereocenters. The van der Waals surface area contributed by atoms with Gasteiger partial charge in [0, 0.05) is 29.7 Å². The van der Waals surface area contributed by atoms with E-state index in [9.17, 15) is 18.4 Å². The maximum absolute atomic E-state index is 14.0. The number of halogens is 7. The predicted molar refractivity (Wildman–Crippen MR) is 138 cm³/mol. The molecular weight excluding hydrogens is 578 g/mol. The fraction of sp³-hybridized carbons (Fsp3) is 0.200. The zero-order chi connectivity index (χ0) is 26.4. The van der Waals surface area contributed by atoms with Gasteiger partial charge in [0.2, 0.25) is 5.91 Å². The molecule has 0 saturated heterocycles. The van der Waals surface area contributed by atoms with Crippen molar-refractivity contribution in [2.75, 3.05) is 12.4 Å². The Morgan fingerprint density at radius 3 is 2.25 bits per heavy atom. The zero-order valence-electron chi connectivity index (χ0n) is 18.4. The molecule has 1 aliphatic carbocycles. The highest BCUT2D eigenvalue weighted by Crippen LogP contribution is 2.65. The van der Waals surface area contributed by atoms with Crippen molar-refractivity contribution in [2.24, 2.45) is 5.92 Å². The van der Waals surface area contributed by atoms with E-state index < -0.39 is 39.5 Å². The van der Waals surface area contributed by atoms with E-state index in [4.69, 9.17) is 62.7 Å². The molecule has 11 heteroatoms. The first-order valence-electron chi connectivity index (χ1n) is 10.4. The van der Waals surface area contributed by atoms with Crippen LogP contribution in [0, 0.1) is 17.6 Å². The minimum atomic E-state index is -1.42. The van der Waals surface area contributed by atoms with E-state index in [1.807, 2.05) is 0 Å². The average molecular weight is 594 g/mol. The molecule has 4 rings (SSSR count). The molecule has 0 aliphatic heterocycles. The molecule has 1 N–H and O–H groups in total. The van der Waals surface area contributed by atoms with E-state index >= 15 is 0 Å². The van der Waals surface area contributed by atoms with Crippen molar-refractivity contribution in [1.29, 1.82) is 0 Å². The van der Waals surface area contributed by atoms with Crippen LogP contribution < -0.4 is 10.1 Å². The zero-order valence-corrected chi connectivity index (χ0v) is 22.1. The number of benzene rings is 3. The van der Waals surface area contributed by atoms with E-state index in [1.54, 1.807) is 12.1 Å².